The molecule has 6 heteroatoms. The predicted molar refractivity (Wildman–Crippen MR) is 68.0 cm³/mol. The Labute approximate surface area is 111 Å². The second-order valence-corrected chi connectivity index (χ2v) is 4.66. The maximum absolute atomic E-state index is 13.3. The highest BCUT2D eigenvalue weighted by Gasteiger charge is 2.14. The molecule has 0 aliphatic rings. The maximum Gasteiger partial charge on any atom is 0.258 e. The minimum atomic E-state index is -0.492. The predicted octanol–water partition coefficient (Wildman–Crippen LogP) is 3.45. The van der Waals surface area contributed by atoms with Gasteiger partial charge in [-0.2, -0.15) is 0 Å². The van der Waals surface area contributed by atoms with Crippen molar-refractivity contribution >= 4 is 27.7 Å². The summed E-state index contributed by atoms with van der Waals surface area (Å²) in [5, 5.41) is 6.27. The van der Waals surface area contributed by atoms with E-state index < -0.39 is 11.7 Å². The van der Waals surface area contributed by atoms with Gasteiger partial charge in [0.05, 0.1) is 10.2 Å². The van der Waals surface area contributed by atoms with Crippen molar-refractivity contribution in [1.29, 1.82) is 0 Å². The lowest BCUT2D eigenvalue weighted by Gasteiger charge is -2.03. The minimum absolute atomic E-state index is 0.212. The molecule has 1 aromatic carbocycles. The van der Waals surface area contributed by atoms with Crippen molar-refractivity contribution in [2.45, 2.75) is 13.8 Å². The highest BCUT2D eigenvalue weighted by Crippen LogP contribution is 2.20. The van der Waals surface area contributed by atoms with E-state index in [0.717, 1.165) is 11.6 Å². The topological polar surface area (TPSA) is 55.1 Å². The highest BCUT2D eigenvalue weighted by molar-refractivity contribution is 9.10. The van der Waals surface area contributed by atoms with E-state index >= 15 is 0 Å². The first-order valence-electron chi connectivity index (χ1n) is 5.18. The van der Waals surface area contributed by atoms with Gasteiger partial charge in [0.1, 0.15) is 5.82 Å². The number of hydrogen-bond acceptors (Lipinski definition) is 3. The van der Waals surface area contributed by atoms with Crippen LogP contribution in [0.4, 0.5) is 10.3 Å². The summed E-state index contributed by atoms with van der Waals surface area (Å²) in [7, 11) is 0. The fraction of sp³-hybridized carbons (Fsp3) is 0.167. The summed E-state index contributed by atoms with van der Waals surface area (Å²) in [4.78, 5) is 11.9. The third-order valence-electron chi connectivity index (χ3n) is 2.57. The van der Waals surface area contributed by atoms with Crippen molar-refractivity contribution in [3.05, 3.63) is 45.3 Å². The number of carbonyl (C=O) groups is 1. The number of aryl methyl sites for hydroxylation is 1. The van der Waals surface area contributed by atoms with Crippen molar-refractivity contribution in [3.63, 3.8) is 0 Å². The van der Waals surface area contributed by atoms with Crippen LogP contribution in [0, 0.1) is 19.7 Å². The van der Waals surface area contributed by atoms with Crippen LogP contribution >= 0.6 is 15.9 Å². The molecule has 18 heavy (non-hydrogen) atoms. The molecule has 0 atom stereocenters. The van der Waals surface area contributed by atoms with Crippen molar-refractivity contribution in [1.82, 2.24) is 5.16 Å². The molecule has 0 saturated heterocycles. The van der Waals surface area contributed by atoms with Gasteiger partial charge in [-0.15, -0.1) is 0 Å². The molecular formula is C12H10BrFN2O2. The molecule has 1 aromatic heterocycles. The summed E-state index contributed by atoms with van der Waals surface area (Å²) in [6.07, 6.45) is 0. The van der Waals surface area contributed by atoms with Gasteiger partial charge in [0.2, 0.25) is 5.88 Å². The second kappa shape index (κ2) is 4.89. The van der Waals surface area contributed by atoms with Gasteiger partial charge in [-0.05, 0) is 48.0 Å². The zero-order valence-corrected chi connectivity index (χ0v) is 11.3. The van der Waals surface area contributed by atoms with Crippen LogP contribution in [0.1, 0.15) is 21.6 Å². The number of hydrogen-bond donors (Lipinski definition) is 1. The van der Waals surface area contributed by atoms with Crippen LogP contribution in [0.2, 0.25) is 0 Å². The van der Waals surface area contributed by atoms with Gasteiger partial charge in [-0.25, -0.2) is 4.39 Å². The standard InChI is InChI=1S/C12H10BrFN2O2/c1-6-7(2)16-18-12(6)15-11(17)8-3-4-9(13)10(14)5-8/h3-5H,1-2H3,(H,15,17). The second-order valence-electron chi connectivity index (χ2n) is 3.81. The van der Waals surface area contributed by atoms with Crippen LogP contribution in [0.3, 0.4) is 0 Å². The van der Waals surface area contributed by atoms with E-state index in [4.69, 9.17) is 4.52 Å². The van der Waals surface area contributed by atoms with Gasteiger partial charge in [0.15, 0.2) is 0 Å². The van der Waals surface area contributed by atoms with Gasteiger partial charge in [-0.3, -0.25) is 10.1 Å². The molecule has 0 unspecified atom stereocenters. The molecule has 0 spiro atoms. The summed E-state index contributed by atoms with van der Waals surface area (Å²) < 4.78 is 18.6. The van der Waals surface area contributed by atoms with E-state index in [1.165, 1.54) is 12.1 Å². The highest BCUT2D eigenvalue weighted by atomic mass is 79.9. The molecule has 1 heterocycles. The van der Waals surface area contributed by atoms with Gasteiger partial charge in [0.25, 0.3) is 5.91 Å². The number of amides is 1. The lowest BCUT2D eigenvalue weighted by atomic mass is 10.2. The zero-order valence-electron chi connectivity index (χ0n) is 9.75. The van der Waals surface area contributed by atoms with Gasteiger partial charge >= 0.3 is 0 Å². The van der Waals surface area contributed by atoms with Gasteiger partial charge in [-0.1, -0.05) is 5.16 Å². The number of rotatable bonds is 2. The van der Waals surface area contributed by atoms with E-state index in [0.29, 0.717) is 10.2 Å². The number of nitrogens with zero attached hydrogens (tertiary/aromatic N) is 1. The summed E-state index contributed by atoms with van der Waals surface area (Å²) in [5.74, 6) is -0.658. The Morgan fingerprint density at radius 3 is 2.72 bits per heavy atom. The van der Waals surface area contributed by atoms with E-state index in [9.17, 15) is 9.18 Å². The van der Waals surface area contributed by atoms with Crippen LogP contribution in [0.15, 0.2) is 27.2 Å². The van der Waals surface area contributed by atoms with Crippen LogP contribution in [0.25, 0.3) is 0 Å². The summed E-state index contributed by atoms with van der Waals surface area (Å²) in [5.41, 5.74) is 1.66. The Bertz CT molecular complexity index is 610. The summed E-state index contributed by atoms with van der Waals surface area (Å²) >= 11 is 3.03. The fourth-order valence-electron chi connectivity index (χ4n) is 1.34. The quantitative estimate of drug-likeness (QED) is 0.924. The Kier molecular flexibility index (Phi) is 3.47. The fourth-order valence-corrected chi connectivity index (χ4v) is 1.59. The third-order valence-corrected chi connectivity index (χ3v) is 3.21. The normalized spacial score (nSPS) is 10.4. The van der Waals surface area contributed by atoms with Crippen LogP contribution in [-0.4, -0.2) is 11.1 Å². The largest absolute Gasteiger partial charge is 0.338 e. The smallest absolute Gasteiger partial charge is 0.258 e. The molecule has 0 bridgehead atoms. The lowest BCUT2D eigenvalue weighted by Crippen LogP contribution is -2.12. The number of benzene rings is 1. The Balaban J connectivity index is 2.22. The number of anilines is 1. The van der Waals surface area contributed by atoms with E-state index in [1.807, 2.05) is 0 Å². The summed E-state index contributed by atoms with van der Waals surface area (Å²) in [6.45, 7) is 3.55. The molecule has 0 saturated carbocycles. The first-order chi connectivity index (χ1) is 8.49. The van der Waals surface area contributed by atoms with Crippen LogP contribution in [0.5, 0.6) is 0 Å². The Hall–Kier alpha value is -1.69. The van der Waals surface area contributed by atoms with E-state index in [1.54, 1.807) is 13.8 Å². The first kappa shape index (κ1) is 12.8. The van der Waals surface area contributed by atoms with E-state index in [-0.39, 0.29) is 11.4 Å². The SMILES string of the molecule is Cc1noc(NC(=O)c2ccc(Br)c(F)c2)c1C. The molecule has 0 aliphatic heterocycles. The van der Waals surface area contributed by atoms with Crippen molar-refractivity contribution in [3.8, 4) is 0 Å². The molecule has 1 amide bonds. The molecule has 2 aromatic rings. The molecule has 4 nitrogen and oxygen atoms in total. The molecule has 0 aliphatic carbocycles. The molecule has 0 radical (unpaired) electrons. The van der Waals surface area contributed by atoms with Crippen molar-refractivity contribution in [2.24, 2.45) is 0 Å². The van der Waals surface area contributed by atoms with Crippen LogP contribution in [-0.2, 0) is 0 Å². The molecule has 2 rings (SSSR count). The van der Waals surface area contributed by atoms with E-state index in [2.05, 4.69) is 26.4 Å². The van der Waals surface area contributed by atoms with Crippen molar-refractivity contribution in [2.75, 3.05) is 5.32 Å². The Morgan fingerprint density at radius 1 is 1.44 bits per heavy atom. The molecule has 1 N–H and O–H groups in total. The zero-order chi connectivity index (χ0) is 13.3. The van der Waals surface area contributed by atoms with Gasteiger partial charge in [0, 0.05) is 11.1 Å². The minimum Gasteiger partial charge on any atom is -0.338 e. The number of halogens is 2. The Morgan fingerprint density at radius 2 is 2.17 bits per heavy atom. The number of aromatic nitrogens is 1. The van der Waals surface area contributed by atoms with Crippen LogP contribution < -0.4 is 5.32 Å². The molecular weight excluding hydrogens is 303 g/mol. The summed E-state index contributed by atoms with van der Waals surface area (Å²) in [6, 6.07) is 4.14. The number of carbonyl (C=O) groups excluding carboxylic acids is 1. The monoisotopic (exact) mass is 312 g/mol. The first-order valence-corrected chi connectivity index (χ1v) is 5.97. The van der Waals surface area contributed by atoms with Gasteiger partial charge < -0.3 is 4.52 Å². The molecule has 0 fully saturated rings. The maximum atomic E-state index is 13.3. The average molecular weight is 313 g/mol. The number of nitrogens with one attached hydrogen (secondary N) is 1. The van der Waals surface area contributed by atoms with Crippen molar-refractivity contribution < 1.29 is 13.7 Å². The lowest BCUT2D eigenvalue weighted by molar-refractivity contribution is 0.102. The third kappa shape index (κ3) is 2.43. The molecule has 94 valence electrons. The average Bonchev–Trinajstić information content (AvgIpc) is 2.64.